The quantitative estimate of drug-likeness (QED) is 0.635. The third kappa shape index (κ3) is 6.40. The molecule has 2 aromatic rings. The van der Waals surface area contributed by atoms with Crippen molar-refractivity contribution in [2.45, 2.75) is 25.3 Å². The molecule has 178 valence electrons. The number of likely N-dealkylation sites (tertiary alicyclic amines) is 1. The second-order valence-corrected chi connectivity index (χ2v) is 9.31. The molecule has 2 heterocycles. The van der Waals surface area contributed by atoms with Crippen LogP contribution in [0.4, 0.5) is 5.69 Å². The normalized spacial score (nSPS) is 18.7. The minimum Gasteiger partial charge on any atom is -0.497 e. The van der Waals surface area contributed by atoms with Crippen LogP contribution in [-0.4, -0.2) is 75.2 Å². The lowest BCUT2D eigenvalue weighted by atomic mass is 10.1. The number of hydrogen-bond acceptors (Lipinski definition) is 5. The summed E-state index contributed by atoms with van der Waals surface area (Å²) in [6.07, 6.45) is 3.44. The summed E-state index contributed by atoms with van der Waals surface area (Å²) in [6, 6.07) is 16.3. The van der Waals surface area contributed by atoms with Gasteiger partial charge in [-0.25, -0.2) is 0 Å². The summed E-state index contributed by atoms with van der Waals surface area (Å²) >= 11 is 6.51. The lowest BCUT2D eigenvalue weighted by Crippen LogP contribution is -2.42. The highest BCUT2D eigenvalue weighted by atomic mass is 35.5. The molecule has 2 fully saturated rings. The van der Waals surface area contributed by atoms with E-state index in [-0.39, 0.29) is 11.9 Å². The number of halogens is 1. The molecule has 0 aromatic heterocycles. The monoisotopic (exact) mass is 470 g/mol. The highest BCUT2D eigenvalue weighted by molar-refractivity contribution is 6.31. The van der Waals surface area contributed by atoms with E-state index in [9.17, 15) is 4.79 Å². The third-order valence-corrected chi connectivity index (χ3v) is 7.08. The van der Waals surface area contributed by atoms with Gasteiger partial charge in [-0.15, -0.1) is 0 Å². The van der Waals surface area contributed by atoms with E-state index in [2.05, 4.69) is 38.2 Å². The molecule has 0 radical (unpaired) electrons. The van der Waals surface area contributed by atoms with Crippen LogP contribution >= 0.6 is 11.6 Å². The van der Waals surface area contributed by atoms with E-state index in [0.717, 1.165) is 62.0 Å². The first kappa shape index (κ1) is 23.9. The van der Waals surface area contributed by atoms with Crippen molar-refractivity contribution in [1.82, 2.24) is 15.1 Å². The fourth-order valence-electron chi connectivity index (χ4n) is 4.88. The molecule has 1 atom stereocenters. The van der Waals surface area contributed by atoms with Crippen molar-refractivity contribution >= 4 is 23.2 Å². The lowest BCUT2D eigenvalue weighted by molar-refractivity contribution is -0.122. The molecular formula is C26H35ClN4O2. The maximum atomic E-state index is 12.8. The van der Waals surface area contributed by atoms with Crippen molar-refractivity contribution in [1.29, 1.82) is 0 Å². The molecule has 0 saturated carbocycles. The second kappa shape index (κ2) is 11.7. The maximum Gasteiger partial charge on any atom is 0.234 e. The highest BCUT2D eigenvalue weighted by Gasteiger charge is 2.26. The molecule has 0 aliphatic carbocycles. The van der Waals surface area contributed by atoms with Gasteiger partial charge in [0.25, 0.3) is 0 Å². The second-order valence-electron chi connectivity index (χ2n) is 8.90. The van der Waals surface area contributed by atoms with E-state index < -0.39 is 0 Å². The standard InChI is InChI=1S/C26H35ClN4O2/c1-33-22-11-9-21(10-12-22)30-16-6-13-29(17-18-30)20-26(32)28-19-25(31-14-4-5-15-31)23-7-2-3-8-24(23)27/h2-3,7-12,25H,4-6,13-20H2,1H3,(H,28,32). The van der Waals surface area contributed by atoms with E-state index in [0.29, 0.717) is 13.1 Å². The van der Waals surface area contributed by atoms with Gasteiger partial charge in [0.05, 0.1) is 19.7 Å². The molecule has 4 rings (SSSR count). The predicted octanol–water partition coefficient (Wildman–Crippen LogP) is 3.81. The fraction of sp³-hybridized carbons (Fsp3) is 0.500. The Morgan fingerprint density at radius 2 is 1.73 bits per heavy atom. The summed E-state index contributed by atoms with van der Waals surface area (Å²) in [4.78, 5) is 19.9. The van der Waals surface area contributed by atoms with Crippen LogP contribution in [0.3, 0.4) is 0 Å². The largest absolute Gasteiger partial charge is 0.497 e. The van der Waals surface area contributed by atoms with Crippen molar-refractivity contribution in [3.8, 4) is 5.75 Å². The number of ether oxygens (including phenoxy) is 1. The molecule has 6 nitrogen and oxygen atoms in total. The number of rotatable bonds is 8. The smallest absolute Gasteiger partial charge is 0.234 e. The zero-order valence-corrected chi connectivity index (χ0v) is 20.3. The van der Waals surface area contributed by atoms with Crippen molar-refractivity contribution in [2.24, 2.45) is 0 Å². The van der Waals surface area contributed by atoms with Crippen molar-refractivity contribution in [3.63, 3.8) is 0 Å². The average Bonchev–Trinajstić information content (AvgIpc) is 3.27. The Morgan fingerprint density at radius 1 is 0.970 bits per heavy atom. The molecule has 1 amide bonds. The summed E-state index contributed by atoms with van der Waals surface area (Å²) in [5, 5.41) is 3.97. The van der Waals surface area contributed by atoms with E-state index in [1.165, 1.54) is 18.5 Å². The van der Waals surface area contributed by atoms with Gasteiger partial charge in [0, 0.05) is 43.4 Å². The molecule has 0 bridgehead atoms. The highest BCUT2D eigenvalue weighted by Crippen LogP contribution is 2.29. The zero-order chi connectivity index (χ0) is 23.0. The summed E-state index contributed by atoms with van der Waals surface area (Å²) in [7, 11) is 1.69. The Labute approximate surface area is 202 Å². The van der Waals surface area contributed by atoms with Crippen molar-refractivity contribution in [2.75, 3.05) is 64.4 Å². The van der Waals surface area contributed by atoms with Gasteiger partial charge in [0.15, 0.2) is 0 Å². The Balaban J connectivity index is 1.30. The molecule has 0 spiro atoms. The molecule has 2 aliphatic rings. The number of carbonyl (C=O) groups is 1. The topological polar surface area (TPSA) is 48.1 Å². The van der Waals surface area contributed by atoms with Crippen LogP contribution in [0.15, 0.2) is 48.5 Å². The molecule has 7 heteroatoms. The summed E-state index contributed by atoms with van der Waals surface area (Å²) < 4.78 is 5.27. The number of benzene rings is 2. The molecule has 33 heavy (non-hydrogen) atoms. The Morgan fingerprint density at radius 3 is 2.45 bits per heavy atom. The molecule has 1 N–H and O–H groups in total. The average molecular weight is 471 g/mol. The fourth-order valence-corrected chi connectivity index (χ4v) is 5.15. The van der Waals surface area contributed by atoms with Gasteiger partial charge in [-0.2, -0.15) is 0 Å². The van der Waals surface area contributed by atoms with Crippen LogP contribution in [-0.2, 0) is 4.79 Å². The van der Waals surface area contributed by atoms with Crippen LogP contribution < -0.4 is 15.0 Å². The van der Waals surface area contributed by atoms with Gasteiger partial charge in [0.1, 0.15) is 5.75 Å². The van der Waals surface area contributed by atoms with Crippen LogP contribution in [0.2, 0.25) is 5.02 Å². The number of anilines is 1. The number of carbonyl (C=O) groups excluding carboxylic acids is 1. The molecule has 1 unspecified atom stereocenters. The van der Waals surface area contributed by atoms with Crippen LogP contribution in [0.5, 0.6) is 5.75 Å². The maximum absolute atomic E-state index is 12.8. The van der Waals surface area contributed by atoms with Crippen LogP contribution in [0.1, 0.15) is 30.9 Å². The van der Waals surface area contributed by atoms with Gasteiger partial charge in [-0.1, -0.05) is 29.8 Å². The van der Waals surface area contributed by atoms with Crippen LogP contribution in [0, 0.1) is 0 Å². The van der Waals surface area contributed by atoms with E-state index in [1.54, 1.807) is 7.11 Å². The minimum atomic E-state index is 0.0872. The predicted molar refractivity (Wildman–Crippen MR) is 134 cm³/mol. The van der Waals surface area contributed by atoms with E-state index in [1.807, 2.05) is 30.3 Å². The SMILES string of the molecule is COc1ccc(N2CCCN(CC(=O)NCC(c3ccccc3Cl)N3CCCC3)CC2)cc1. The van der Waals surface area contributed by atoms with E-state index in [4.69, 9.17) is 16.3 Å². The van der Waals surface area contributed by atoms with Gasteiger partial charge in [0.2, 0.25) is 5.91 Å². The third-order valence-electron chi connectivity index (χ3n) is 6.73. The first-order chi connectivity index (χ1) is 16.1. The first-order valence-electron chi connectivity index (χ1n) is 12.0. The Bertz CT molecular complexity index is 901. The zero-order valence-electron chi connectivity index (χ0n) is 19.5. The number of amides is 1. The Hall–Kier alpha value is -2.28. The number of methoxy groups -OCH3 is 1. The molecular weight excluding hydrogens is 436 g/mol. The first-order valence-corrected chi connectivity index (χ1v) is 12.4. The van der Waals surface area contributed by atoms with Gasteiger partial charge in [-0.3, -0.25) is 14.6 Å². The summed E-state index contributed by atoms with van der Waals surface area (Å²) in [6.45, 7) is 6.85. The molecule has 2 aromatic carbocycles. The van der Waals surface area contributed by atoms with Gasteiger partial charge >= 0.3 is 0 Å². The minimum absolute atomic E-state index is 0.0872. The van der Waals surface area contributed by atoms with E-state index >= 15 is 0 Å². The molecule has 2 aliphatic heterocycles. The summed E-state index contributed by atoms with van der Waals surface area (Å²) in [5.74, 6) is 0.958. The van der Waals surface area contributed by atoms with Crippen molar-refractivity contribution < 1.29 is 9.53 Å². The summed E-state index contributed by atoms with van der Waals surface area (Å²) in [5.41, 5.74) is 2.31. The van der Waals surface area contributed by atoms with Crippen LogP contribution in [0.25, 0.3) is 0 Å². The molecule has 2 saturated heterocycles. The Kier molecular flexibility index (Phi) is 8.48. The van der Waals surface area contributed by atoms with Gasteiger partial charge in [-0.05, 0) is 68.2 Å². The number of hydrogen-bond donors (Lipinski definition) is 1. The number of nitrogens with zero attached hydrogens (tertiary/aromatic N) is 3. The van der Waals surface area contributed by atoms with Crippen molar-refractivity contribution in [3.05, 3.63) is 59.1 Å². The van der Waals surface area contributed by atoms with Gasteiger partial charge < -0.3 is 15.0 Å². The lowest BCUT2D eigenvalue weighted by Gasteiger charge is -2.29. The number of nitrogens with one attached hydrogen (secondary N) is 1.